The quantitative estimate of drug-likeness (QED) is 0.422. The number of anilines is 1. The van der Waals surface area contributed by atoms with Gasteiger partial charge in [-0.2, -0.15) is 0 Å². The molecule has 2 aromatic rings. The maximum atomic E-state index is 13.7. The van der Waals surface area contributed by atoms with E-state index < -0.39 is 5.41 Å². The average molecular weight is 470 g/mol. The van der Waals surface area contributed by atoms with Crippen LogP contribution in [0.4, 0.5) is 5.82 Å². The highest BCUT2D eigenvalue weighted by Crippen LogP contribution is 2.42. The molecule has 2 saturated heterocycles. The first kappa shape index (κ1) is 23.9. The molecule has 1 aromatic carbocycles. The molecular weight excluding hydrogens is 438 g/mol. The molecule has 1 atom stereocenters. The molecule has 3 heterocycles. The normalized spacial score (nSPS) is 21.0. The fraction of sp³-hybridized carbons (Fsp3) is 0.542. The van der Waals surface area contributed by atoms with E-state index in [1.165, 1.54) is 4.90 Å². The molecule has 2 aliphatic rings. The fourth-order valence-electron chi connectivity index (χ4n) is 5.00. The molecule has 0 bridgehead atoms. The number of piperazine rings is 1. The molecule has 182 valence electrons. The number of aryl methyl sites for hydroxylation is 2. The third-order valence-electron chi connectivity index (χ3n) is 6.81. The van der Waals surface area contributed by atoms with Crippen molar-refractivity contribution in [1.82, 2.24) is 20.1 Å². The summed E-state index contributed by atoms with van der Waals surface area (Å²) in [6.45, 7) is 6.66. The Hall–Kier alpha value is -3.27. The van der Waals surface area contributed by atoms with E-state index in [-0.39, 0.29) is 37.1 Å². The zero-order valence-corrected chi connectivity index (χ0v) is 20.0. The first-order valence-corrected chi connectivity index (χ1v) is 11.6. The summed E-state index contributed by atoms with van der Waals surface area (Å²) in [6.07, 6.45) is 0.525. The molecule has 10 nitrogen and oxygen atoms in total. The summed E-state index contributed by atoms with van der Waals surface area (Å²) in [5, 5.41) is 7.77. The predicted octanol–water partition coefficient (Wildman–Crippen LogP) is 1.46. The number of amides is 3. The molecule has 34 heavy (non-hydrogen) atoms. The first-order chi connectivity index (χ1) is 16.4. The van der Waals surface area contributed by atoms with Gasteiger partial charge >= 0.3 is 0 Å². The van der Waals surface area contributed by atoms with E-state index in [2.05, 4.69) is 10.3 Å². The zero-order chi connectivity index (χ0) is 24.3. The minimum absolute atomic E-state index is 0.000816. The van der Waals surface area contributed by atoms with E-state index in [9.17, 15) is 14.4 Å². The molecule has 0 spiro atoms. The molecule has 4 rings (SSSR count). The van der Waals surface area contributed by atoms with Crippen molar-refractivity contribution in [3.05, 3.63) is 41.1 Å². The van der Waals surface area contributed by atoms with Gasteiger partial charge in [-0.25, -0.2) is 4.63 Å². The van der Waals surface area contributed by atoms with Gasteiger partial charge in [-0.3, -0.25) is 19.3 Å². The molecular formula is C24H31N5O5. The Morgan fingerprint density at radius 2 is 1.85 bits per heavy atom. The fourth-order valence-corrected chi connectivity index (χ4v) is 5.00. The summed E-state index contributed by atoms with van der Waals surface area (Å²) in [5.74, 6) is 0.0275. The van der Waals surface area contributed by atoms with Crippen LogP contribution in [0.3, 0.4) is 0 Å². The van der Waals surface area contributed by atoms with Crippen molar-refractivity contribution in [3.63, 3.8) is 0 Å². The van der Waals surface area contributed by atoms with E-state index in [0.29, 0.717) is 50.7 Å². The third-order valence-corrected chi connectivity index (χ3v) is 6.81. The van der Waals surface area contributed by atoms with Crippen LogP contribution in [-0.2, 0) is 24.5 Å². The van der Waals surface area contributed by atoms with E-state index in [1.54, 1.807) is 12.0 Å². The van der Waals surface area contributed by atoms with Gasteiger partial charge in [0.2, 0.25) is 17.7 Å². The van der Waals surface area contributed by atoms with Crippen LogP contribution >= 0.6 is 0 Å². The van der Waals surface area contributed by atoms with E-state index in [4.69, 9.17) is 9.37 Å². The highest BCUT2D eigenvalue weighted by Gasteiger charge is 2.54. The highest BCUT2D eigenvalue weighted by molar-refractivity contribution is 6.11. The van der Waals surface area contributed by atoms with Gasteiger partial charge in [0.1, 0.15) is 5.69 Å². The van der Waals surface area contributed by atoms with Crippen molar-refractivity contribution in [2.24, 2.45) is 0 Å². The van der Waals surface area contributed by atoms with Crippen molar-refractivity contribution >= 4 is 23.5 Å². The van der Waals surface area contributed by atoms with Gasteiger partial charge in [-0.15, -0.1) is 0 Å². The topological polar surface area (TPSA) is 109 Å². The maximum Gasteiger partial charge on any atom is 0.240 e. The van der Waals surface area contributed by atoms with Crippen LogP contribution in [0.1, 0.15) is 36.1 Å². The summed E-state index contributed by atoms with van der Waals surface area (Å²) in [6, 6.07) is 7.53. The maximum absolute atomic E-state index is 13.7. The van der Waals surface area contributed by atoms with Crippen molar-refractivity contribution in [1.29, 1.82) is 0 Å². The van der Waals surface area contributed by atoms with Gasteiger partial charge in [0, 0.05) is 59.3 Å². The number of hydrogen-bond donors (Lipinski definition) is 0. The van der Waals surface area contributed by atoms with Crippen LogP contribution in [0.25, 0.3) is 0 Å². The number of ether oxygens (including phenoxy) is 1. The van der Waals surface area contributed by atoms with E-state index >= 15 is 0 Å². The molecule has 0 radical (unpaired) electrons. The smallest absolute Gasteiger partial charge is 0.240 e. The third kappa shape index (κ3) is 4.42. The highest BCUT2D eigenvalue weighted by atomic mass is 16.6. The monoisotopic (exact) mass is 469 g/mol. The number of benzene rings is 1. The van der Waals surface area contributed by atoms with Crippen molar-refractivity contribution in [2.75, 3.05) is 51.3 Å². The minimum atomic E-state index is -1.18. The minimum Gasteiger partial charge on any atom is -0.385 e. The number of aromatic nitrogens is 2. The van der Waals surface area contributed by atoms with Gasteiger partial charge in [0.05, 0.1) is 5.41 Å². The standard InChI is InChI=1S/C24H31N5O5/c1-17-7-4-5-8-19(17)24(16-21(31)29(23(24)32)9-6-14-33-3)15-20(30)27-10-12-28(13-11-27)22-18(2)25-34-26-22/h4-5,7-8H,6,9-16H2,1-3H3/t24-/m0/s1. The number of methoxy groups -OCH3 is 1. The molecule has 0 N–H and O–H groups in total. The lowest BCUT2D eigenvalue weighted by Crippen LogP contribution is -2.51. The molecule has 3 amide bonds. The second-order valence-corrected chi connectivity index (χ2v) is 8.99. The Labute approximate surface area is 198 Å². The Morgan fingerprint density at radius 1 is 1.12 bits per heavy atom. The lowest BCUT2D eigenvalue weighted by Gasteiger charge is -2.37. The molecule has 2 aliphatic heterocycles. The lowest BCUT2D eigenvalue weighted by atomic mass is 9.74. The molecule has 10 heteroatoms. The van der Waals surface area contributed by atoms with E-state index in [0.717, 1.165) is 11.1 Å². The molecule has 0 saturated carbocycles. The van der Waals surface area contributed by atoms with Crippen molar-refractivity contribution < 1.29 is 23.7 Å². The molecule has 2 fully saturated rings. The number of hydrogen-bond acceptors (Lipinski definition) is 8. The number of nitrogens with zero attached hydrogens (tertiary/aromatic N) is 5. The average Bonchev–Trinajstić information content (AvgIpc) is 3.36. The second-order valence-electron chi connectivity index (χ2n) is 8.99. The summed E-state index contributed by atoms with van der Waals surface area (Å²) >= 11 is 0. The Balaban J connectivity index is 1.54. The van der Waals surface area contributed by atoms with Crippen molar-refractivity contribution in [3.8, 4) is 0 Å². The number of carbonyl (C=O) groups excluding carboxylic acids is 3. The Kier molecular flexibility index (Phi) is 6.97. The summed E-state index contributed by atoms with van der Waals surface area (Å²) < 4.78 is 9.88. The first-order valence-electron chi connectivity index (χ1n) is 11.6. The van der Waals surface area contributed by atoms with Gasteiger partial charge < -0.3 is 14.5 Å². The summed E-state index contributed by atoms with van der Waals surface area (Å²) in [5.41, 5.74) is 1.17. The largest absolute Gasteiger partial charge is 0.385 e. The summed E-state index contributed by atoms with van der Waals surface area (Å²) in [4.78, 5) is 45.3. The van der Waals surface area contributed by atoms with Gasteiger partial charge in [0.15, 0.2) is 5.82 Å². The predicted molar refractivity (Wildman–Crippen MR) is 123 cm³/mol. The lowest BCUT2D eigenvalue weighted by molar-refractivity contribution is -0.143. The van der Waals surface area contributed by atoms with Crippen LogP contribution < -0.4 is 4.90 Å². The number of carbonyl (C=O) groups is 3. The van der Waals surface area contributed by atoms with Crippen molar-refractivity contribution in [2.45, 2.75) is 38.5 Å². The van der Waals surface area contributed by atoms with E-state index in [1.807, 2.05) is 43.0 Å². The van der Waals surface area contributed by atoms with Crippen LogP contribution in [0.5, 0.6) is 0 Å². The summed E-state index contributed by atoms with van der Waals surface area (Å²) in [7, 11) is 1.59. The van der Waals surface area contributed by atoms with Crippen LogP contribution in [0.2, 0.25) is 0 Å². The van der Waals surface area contributed by atoms with Crippen LogP contribution in [0.15, 0.2) is 28.9 Å². The van der Waals surface area contributed by atoms with Gasteiger partial charge in [-0.05, 0) is 36.6 Å². The second kappa shape index (κ2) is 9.92. The van der Waals surface area contributed by atoms with Crippen LogP contribution in [-0.4, -0.2) is 84.3 Å². The number of likely N-dealkylation sites (tertiary alicyclic amines) is 1. The number of rotatable bonds is 8. The van der Waals surface area contributed by atoms with Gasteiger partial charge in [0.25, 0.3) is 0 Å². The Morgan fingerprint density at radius 3 is 2.50 bits per heavy atom. The van der Waals surface area contributed by atoms with Crippen LogP contribution in [0, 0.1) is 13.8 Å². The van der Waals surface area contributed by atoms with Gasteiger partial charge in [-0.1, -0.05) is 29.4 Å². The molecule has 0 aliphatic carbocycles. The molecule has 0 unspecified atom stereocenters. The Bertz CT molecular complexity index is 1060. The zero-order valence-electron chi connectivity index (χ0n) is 20.0. The SMILES string of the molecule is COCCCN1C(=O)C[C@@](CC(=O)N2CCN(c3nonc3C)CC2)(c2ccccc2C)C1=O. The molecule has 1 aromatic heterocycles. The number of imide groups is 1.